The lowest BCUT2D eigenvalue weighted by Gasteiger charge is -2.17. The first-order valence-electron chi connectivity index (χ1n) is 10.9. The molecule has 0 fully saturated rings. The Morgan fingerprint density at radius 3 is 2.47 bits per heavy atom. The third kappa shape index (κ3) is 4.94. The molecule has 0 aliphatic carbocycles. The Morgan fingerprint density at radius 1 is 1.03 bits per heavy atom. The van der Waals surface area contributed by atoms with E-state index in [9.17, 15) is 9.59 Å². The van der Waals surface area contributed by atoms with Crippen molar-refractivity contribution < 1.29 is 9.59 Å². The van der Waals surface area contributed by atoms with Crippen molar-refractivity contribution in [2.75, 3.05) is 11.6 Å². The highest BCUT2D eigenvalue weighted by Crippen LogP contribution is 2.20. The van der Waals surface area contributed by atoms with Gasteiger partial charge in [0.05, 0.1) is 23.7 Å². The van der Waals surface area contributed by atoms with E-state index in [0.29, 0.717) is 22.2 Å². The molecule has 0 saturated carbocycles. The van der Waals surface area contributed by atoms with Crippen molar-refractivity contribution >= 4 is 35.0 Å². The summed E-state index contributed by atoms with van der Waals surface area (Å²) < 4.78 is 1.66. The second kappa shape index (κ2) is 10.0. The topological polar surface area (TPSA) is 101 Å². The van der Waals surface area contributed by atoms with Gasteiger partial charge in [0.1, 0.15) is 0 Å². The Kier molecular flexibility index (Phi) is 6.93. The lowest BCUT2D eigenvalue weighted by Crippen LogP contribution is -2.28. The minimum atomic E-state index is -0.255. The molecule has 0 spiro atoms. The third-order valence-corrected chi connectivity index (χ3v) is 6.18. The fourth-order valence-corrected chi connectivity index (χ4v) is 4.11. The van der Waals surface area contributed by atoms with Crippen LogP contribution in [0, 0.1) is 13.8 Å². The number of anilines is 1. The molecule has 0 aliphatic rings. The zero-order valence-electron chi connectivity index (χ0n) is 19.5. The molecule has 1 unspecified atom stereocenters. The van der Waals surface area contributed by atoms with Gasteiger partial charge in [-0.2, -0.15) is 4.98 Å². The van der Waals surface area contributed by atoms with E-state index in [2.05, 4.69) is 25.7 Å². The van der Waals surface area contributed by atoms with E-state index in [1.807, 2.05) is 57.4 Å². The van der Waals surface area contributed by atoms with Gasteiger partial charge in [-0.3, -0.25) is 9.59 Å². The molecule has 1 atom stereocenters. The Balaban J connectivity index is 1.52. The van der Waals surface area contributed by atoms with Gasteiger partial charge in [-0.1, -0.05) is 54.2 Å². The van der Waals surface area contributed by atoms with Crippen molar-refractivity contribution in [3.05, 3.63) is 82.7 Å². The van der Waals surface area contributed by atoms with Gasteiger partial charge in [-0.05, 0) is 44.7 Å². The number of rotatable bonds is 7. The van der Waals surface area contributed by atoms with E-state index in [0.717, 1.165) is 22.5 Å². The standard InChI is InChI=1S/C25H26N6O2S/c1-15(18-10-6-5-7-11-18)26-23(33)19-12-8-9-13-21(19)28-22(32)14-20-16(2)27-24-29-25(34-4)30-31(24)17(20)3/h5-13,15H,14H2,1-4H3,(H,26,33)(H,28,32). The molecule has 34 heavy (non-hydrogen) atoms. The monoisotopic (exact) mass is 474 g/mol. The maximum atomic E-state index is 13.0. The molecule has 0 bridgehead atoms. The maximum Gasteiger partial charge on any atom is 0.253 e. The number of para-hydroxylation sites is 1. The lowest BCUT2D eigenvalue weighted by atomic mass is 10.1. The smallest absolute Gasteiger partial charge is 0.253 e. The SMILES string of the molecule is CSc1nc2nc(C)c(CC(=O)Nc3ccccc3C(=O)NC(C)c3ccccc3)c(C)n2n1. The molecule has 0 aliphatic heterocycles. The molecule has 174 valence electrons. The van der Waals surface area contributed by atoms with E-state index in [-0.39, 0.29) is 24.3 Å². The number of aryl methyl sites for hydroxylation is 2. The summed E-state index contributed by atoms with van der Waals surface area (Å²) >= 11 is 1.44. The Hall–Kier alpha value is -3.72. The van der Waals surface area contributed by atoms with Gasteiger partial charge in [0.15, 0.2) is 0 Å². The van der Waals surface area contributed by atoms with Crippen LogP contribution in [0.15, 0.2) is 59.8 Å². The fourth-order valence-electron chi connectivity index (χ4n) is 3.78. The second-order valence-corrected chi connectivity index (χ2v) is 8.72. The highest BCUT2D eigenvalue weighted by Gasteiger charge is 2.19. The van der Waals surface area contributed by atoms with Crippen LogP contribution in [0.5, 0.6) is 0 Å². The van der Waals surface area contributed by atoms with Crippen LogP contribution in [0.25, 0.3) is 5.78 Å². The number of carbonyl (C=O) groups is 2. The summed E-state index contributed by atoms with van der Waals surface area (Å²) in [4.78, 5) is 34.8. The lowest BCUT2D eigenvalue weighted by molar-refractivity contribution is -0.115. The number of carbonyl (C=O) groups excluding carboxylic acids is 2. The quantitative estimate of drug-likeness (QED) is 0.391. The first kappa shape index (κ1) is 23.4. The van der Waals surface area contributed by atoms with Crippen LogP contribution in [0.2, 0.25) is 0 Å². The van der Waals surface area contributed by atoms with Gasteiger partial charge in [0.2, 0.25) is 11.1 Å². The van der Waals surface area contributed by atoms with E-state index in [1.54, 1.807) is 28.8 Å². The molecule has 0 radical (unpaired) electrons. The zero-order chi connectivity index (χ0) is 24.2. The average Bonchev–Trinajstić information content (AvgIpc) is 3.26. The molecule has 8 nitrogen and oxygen atoms in total. The number of benzene rings is 2. The summed E-state index contributed by atoms with van der Waals surface area (Å²) in [6, 6.07) is 16.5. The Morgan fingerprint density at radius 2 is 1.74 bits per heavy atom. The van der Waals surface area contributed by atoms with E-state index < -0.39 is 0 Å². The number of thioether (sulfide) groups is 1. The average molecular weight is 475 g/mol. The van der Waals surface area contributed by atoms with Gasteiger partial charge in [-0.15, -0.1) is 5.10 Å². The minimum Gasteiger partial charge on any atom is -0.345 e. The molecule has 2 amide bonds. The summed E-state index contributed by atoms with van der Waals surface area (Å²) in [6.07, 6.45) is 2.00. The summed E-state index contributed by atoms with van der Waals surface area (Å²) in [5.74, 6) is 0.0156. The van der Waals surface area contributed by atoms with Crippen LogP contribution in [0.4, 0.5) is 5.69 Å². The van der Waals surface area contributed by atoms with E-state index in [4.69, 9.17) is 0 Å². The number of amides is 2. The number of hydrogen-bond donors (Lipinski definition) is 2. The van der Waals surface area contributed by atoms with Gasteiger partial charge in [-0.25, -0.2) is 9.50 Å². The van der Waals surface area contributed by atoms with Crippen molar-refractivity contribution in [2.24, 2.45) is 0 Å². The summed E-state index contributed by atoms with van der Waals surface area (Å²) in [7, 11) is 0. The predicted molar refractivity (Wildman–Crippen MR) is 133 cm³/mol. The molecule has 4 aromatic rings. The van der Waals surface area contributed by atoms with Gasteiger partial charge >= 0.3 is 0 Å². The van der Waals surface area contributed by atoms with Crippen molar-refractivity contribution in [3.63, 3.8) is 0 Å². The van der Waals surface area contributed by atoms with Gasteiger partial charge in [0, 0.05) is 17.0 Å². The van der Waals surface area contributed by atoms with E-state index >= 15 is 0 Å². The molecular weight excluding hydrogens is 448 g/mol. The van der Waals surface area contributed by atoms with Crippen molar-refractivity contribution in [1.82, 2.24) is 24.9 Å². The molecule has 2 aromatic carbocycles. The second-order valence-electron chi connectivity index (χ2n) is 7.95. The first-order valence-corrected chi connectivity index (χ1v) is 12.1. The minimum absolute atomic E-state index is 0.103. The Bertz CT molecular complexity index is 1350. The normalized spacial score (nSPS) is 11.9. The molecular formula is C25H26N6O2S. The molecule has 9 heteroatoms. The van der Waals surface area contributed by atoms with Crippen molar-refractivity contribution in [3.8, 4) is 0 Å². The predicted octanol–water partition coefficient (Wildman–Crippen LogP) is 4.14. The highest BCUT2D eigenvalue weighted by atomic mass is 32.2. The largest absolute Gasteiger partial charge is 0.345 e. The van der Waals surface area contributed by atoms with Crippen LogP contribution in [0.1, 0.15) is 45.8 Å². The van der Waals surface area contributed by atoms with Crippen molar-refractivity contribution in [2.45, 2.75) is 38.4 Å². The number of aromatic nitrogens is 4. The van der Waals surface area contributed by atoms with Gasteiger partial charge in [0.25, 0.3) is 11.7 Å². The van der Waals surface area contributed by atoms with Crippen LogP contribution in [0.3, 0.4) is 0 Å². The third-order valence-electron chi connectivity index (χ3n) is 5.64. The van der Waals surface area contributed by atoms with Gasteiger partial charge < -0.3 is 10.6 Å². The zero-order valence-corrected chi connectivity index (χ0v) is 20.3. The van der Waals surface area contributed by atoms with E-state index in [1.165, 1.54) is 11.8 Å². The number of nitrogens with zero attached hydrogens (tertiary/aromatic N) is 4. The summed E-state index contributed by atoms with van der Waals surface area (Å²) in [5, 5.41) is 11.0. The molecule has 0 saturated heterocycles. The summed E-state index contributed by atoms with van der Waals surface area (Å²) in [5.41, 5.74) is 4.18. The molecule has 2 heterocycles. The molecule has 4 rings (SSSR count). The maximum absolute atomic E-state index is 13.0. The van der Waals surface area contributed by atoms with Crippen LogP contribution in [-0.2, 0) is 11.2 Å². The highest BCUT2D eigenvalue weighted by molar-refractivity contribution is 7.98. The number of fused-ring (bicyclic) bond motifs is 1. The van der Waals surface area contributed by atoms with Crippen LogP contribution < -0.4 is 10.6 Å². The first-order chi connectivity index (χ1) is 16.4. The Labute approximate surface area is 202 Å². The molecule has 2 aromatic heterocycles. The number of nitrogens with one attached hydrogen (secondary N) is 2. The molecule has 2 N–H and O–H groups in total. The number of hydrogen-bond acceptors (Lipinski definition) is 6. The van der Waals surface area contributed by atoms with Crippen LogP contribution in [-0.4, -0.2) is 37.7 Å². The fraction of sp³-hybridized carbons (Fsp3) is 0.240. The van der Waals surface area contributed by atoms with Crippen molar-refractivity contribution in [1.29, 1.82) is 0 Å². The van der Waals surface area contributed by atoms with Crippen LogP contribution >= 0.6 is 11.8 Å². The summed E-state index contributed by atoms with van der Waals surface area (Å²) in [6.45, 7) is 5.68.